The van der Waals surface area contributed by atoms with Gasteiger partial charge < -0.3 is 4.74 Å². The Hall–Kier alpha value is -2.63. The lowest BCUT2D eigenvalue weighted by atomic mass is 10.0. The molecule has 0 N–H and O–H groups in total. The van der Waals surface area contributed by atoms with Crippen LogP contribution in [0.4, 0.5) is 5.69 Å². The van der Waals surface area contributed by atoms with Crippen molar-refractivity contribution < 1.29 is 9.53 Å². The highest BCUT2D eigenvalue weighted by atomic mass is 32.2. The second-order valence-electron chi connectivity index (χ2n) is 6.85. The Morgan fingerprint density at radius 3 is 2.62 bits per heavy atom. The molecule has 3 nitrogen and oxygen atoms in total. The Morgan fingerprint density at radius 1 is 1.07 bits per heavy atom. The maximum Gasteiger partial charge on any atom is 0.270 e. The quantitative estimate of drug-likeness (QED) is 0.356. The zero-order chi connectivity index (χ0) is 20.4. The normalized spacial score (nSPS) is 15.5. The molecule has 1 saturated heterocycles. The number of anilines is 1. The molecular weight excluding hydrogens is 398 g/mol. The molecule has 3 aromatic carbocycles. The van der Waals surface area contributed by atoms with E-state index in [0.717, 1.165) is 39.8 Å². The van der Waals surface area contributed by atoms with Gasteiger partial charge in [0.15, 0.2) is 4.32 Å². The number of nitrogens with zero attached hydrogens (tertiary/aromatic N) is 1. The van der Waals surface area contributed by atoms with Crippen molar-refractivity contribution in [3.8, 4) is 5.75 Å². The molecule has 0 bridgehead atoms. The summed E-state index contributed by atoms with van der Waals surface area (Å²) in [6, 6.07) is 20.0. The Bertz CT molecular complexity index is 1140. The van der Waals surface area contributed by atoms with Crippen LogP contribution < -0.4 is 9.64 Å². The molecule has 4 rings (SSSR count). The maximum absolute atomic E-state index is 13.2. The predicted octanol–water partition coefficient (Wildman–Crippen LogP) is 6.34. The first-order valence-electron chi connectivity index (χ1n) is 9.58. The van der Waals surface area contributed by atoms with E-state index in [1.807, 2.05) is 55.5 Å². The molecule has 0 aliphatic carbocycles. The minimum absolute atomic E-state index is 0.0938. The minimum atomic E-state index is -0.0938. The van der Waals surface area contributed by atoms with Crippen molar-refractivity contribution in [3.63, 3.8) is 0 Å². The second-order valence-corrected chi connectivity index (χ2v) is 8.53. The number of carbonyl (C=O) groups excluding carboxylic acids is 1. The molecule has 1 heterocycles. The third-order valence-electron chi connectivity index (χ3n) is 4.82. The van der Waals surface area contributed by atoms with Gasteiger partial charge in [0.2, 0.25) is 0 Å². The van der Waals surface area contributed by atoms with Crippen LogP contribution in [-0.4, -0.2) is 16.8 Å². The third kappa shape index (κ3) is 3.80. The van der Waals surface area contributed by atoms with Crippen LogP contribution in [0.25, 0.3) is 16.8 Å². The number of aryl methyl sites for hydroxylation is 1. The van der Waals surface area contributed by atoms with E-state index in [0.29, 0.717) is 15.8 Å². The number of ether oxygens (including phenoxy) is 1. The van der Waals surface area contributed by atoms with Gasteiger partial charge in [0.05, 0.1) is 17.2 Å². The number of benzene rings is 3. The molecule has 0 unspecified atom stereocenters. The standard InChI is InChI=1S/C24H21NO2S2/c1-3-14-27-21-13-12-17-9-5-6-10-18(17)19(21)15-22-23(26)25(24(28)29-22)20-11-7-4-8-16(20)2/h4-13,15H,3,14H2,1-2H3/b22-15-. The Labute approximate surface area is 180 Å². The number of hydrogen-bond acceptors (Lipinski definition) is 4. The number of amides is 1. The van der Waals surface area contributed by atoms with E-state index in [-0.39, 0.29) is 5.91 Å². The number of rotatable bonds is 5. The van der Waals surface area contributed by atoms with Gasteiger partial charge in [-0.25, -0.2) is 0 Å². The molecule has 1 aliphatic heterocycles. The van der Waals surface area contributed by atoms with Gasteiger partial charge in [-0.15, -0.1) is 0 Å². The molecule has 0 atom stereocenters. The number of fused-ring (bicyclic) bond motifs is 1. The average molecular weight is 420 g/mol. The number of thioether (sulfide) groups is 1. The van der Waals surface area contributed by atoms with Crippen LogP contribution in [0.5, 0.6) is 5.75 Å². The van der Waals surface area contributed by atoms with Crippen LogP contribution in [0.2, 0.25) is 0 Å². The van der Waals surface area contributed by atoms with Crippen molar-refractivity contribution in [1.82, 2.24) is 0 Å². The average Bonchev–Trinajstić information content (AvgIpc) is 3.01. The molecule has 1 fully saturated rings. The number of thiocarbonyl (C=S) groups is 1. The maximum atomic E-state index is 13.2. The van der Waals surface area contributed by atoms with Gasteiger partial charge in [0.25, 0.3) is 5.91 Å². The summed E-state index contributed by atoms with van der Waals surface area (Å²) in [6.45, 7) is 4.69. The SMILES string of the molecule is CCCOc1ccc2ccccc2c1/C=C1\SC(=S)N(c2ccccc2C)C1=O. The van der Waals surface area contributed by atoms with Crippen molar-refractivity contribution in [2.24, 2.45) is 0 Å². The van der Waals surface area contributed by atoms with Crippen LogP contribution in [0.1, 0.15) is 24.5 Å². The highest BCUT2D eigenvalue weighted by Gasteiger charge is 2.34. The van der Waals surface area contributed by atoms with Crippen molar-refractivity contribution >= 4 is 56.7 Å². The van der Waals surface area contributed by atoms with E-state index in [4.69, 9.17) is 17.0 Å². The van der Waals surface area contributed by atoms with Gasteiger partial charge >= 0.3 is 0 Å². The molecule has 5 heteroatoms. The van der Waals surface area contributed by atoms with Gasteiger partial charge in [0.1, 0.15) is 5.75 Å². The van der Waals surface area contributed by atoms with Crippen molar-refractivity contribution in [1.29, 1.82) is 0 Å². The van der Waals surface area contributed by atoms with E-state index >= 15 is 0 Å². The molecule has 3 aromatic rings. The number of para-hydroxylation sites is 1. The summed E-state index contributed by atoms with van der Waals surface area (Å²) in [7, 11) is 0. The van der Waals surface area contributed by atoms with Crippen molar-refractivity contribution in [2.75, 3.05) is 11.5 Å². The Kier molecular flexibility index (Phi) is 5.69. The van der Waals surface area contributed by atoms with E-state index < -0.39 is 0 Å². The zero-order valence-electron chi connectivity index (χ0n) is 16.3. The molecule has 29 heavy (non-hydrogen) atoms. The lowest BCUT2D eigenvalue weighted by Gasteiger charge is -2.17. The Balaban J connectivity index is 1.80. The van der Waals surface area contributed by atoms with Gasteiger partial charge in [-0.3, -0.25) is 9.69 Å². The van der Waals surface area contributed by atoms with Crippen molar-refractivity contribution in [3.05, 3.63) is 76.7 Å². The Morgan fingerprint density at radius 2 is 1.83 bits per heavy atom. The number of hydrogen-bond donors (Lipinski definition) is 0. The van der Waals surface area contributed by atoms with Gasteiger partial charge in [-0.2, -0.15) is 0 Å². The summed E-state index contributed by atoms with van der Waals surface area (Å²) >= 11 is 6.88. The first-order valence-corrected chi connectivity index (χ1v) is 10.8. The van der Waals surface area contributed by atoms with Gasteiger partial charge in [-0.1, -0.05) is 79.4 Å². The highest BCUT2D eigenvalue weighted by molar-refractivity contribution is 8.27. The second kappa shape index (κ2) is 8.39. The van der Waals surface area contributed by atoms with Crippen molar-refractivity contribution in [2.45, 2.75) is 20.3 Å². The van der Waals surface area contributed by atoms with Crippen LogP contribution in [0.15, 0.2) is 65.6 Å². The molecule has 146 valence electrons. The van der Waals surface area contributed by atoms with E-state index in [1.165, 1.54) is 11.8 Å². The molecule has 0 radical (unpaired) electrons. The van der Waals surface area contributed by atoms with Crippen LogP contribution in [0.3, 0.4) is 0 Å². The molecule has 1 amide bonds. The van der Waals surface area contributed by atoms with Crippen LogP contribution in [0, 0.1) is 6.92 Å². The molecule has 0 saturated carbocycles. The third-order valence-corrected chi connectivity index (χ3v) is 6.12. The van der Waals surface area contributed by atoms with Crippen LogP contribution in [-0.2, 0) is 4.79 Å². The zero-order valence-corrected chi connectivity index (χ0v) is 18.0. The van der Waals surface area contributed by atoms with E-state index in [2.05, 4.69) is 25.1 Å². The monoisotopic (exact) mass is 419 g/mol. The first kappa shape index (κ1) is 19.7. The fraction of sp³-hybridized carbons (Fsp3) is 0.167. The highest BCUT2D eigenvalue weighted by Crippen LogP contribution is 2.39. The topological polar surface area (TPSA) is 29.5 Å². The molecule has 1 aliphatic rings. The fourth-order valence-corrected chi connectivity index (χ4v) is 4.65. The summed E-state index contributed by atoms with van der Waals surface area (Å²) in [6.07, 6.45) is 2.84. The summed E-state index contributed by atoms with van der Waals surface area (Å²) in [5.41, 5.74) is 2.77. The lowest BCUT2D eigenvalue weighted by Crippen LogP contribution is -2.28. The molecule has 0 spiro atoms. The predicted molar refractivity (Wildman–Crippen MR) is 127 cm³/mol. The summed E-state index contributed by atoms with van der Waals surface area (Å²) in [5.74, 6) is 0.690. The summed E-state index contributed by atoms with van der Waals surface area (Å²) in [5, 5.41) is 2.17. The molecular formula is C24H21NO2S2. The lowest BCUT2D eigenvalue weighted by molar-refractivity contribution is -0.113. The van der Waals surface area contributed by atoms with E-state index in [9.17, 15) is 4.79 Å². The fourth-order valence-electron chi connectivity index (χ4n) is 3.38. The molecule has 0 aromatic heterocycles. The van der Waals surface area contributed by atoms with Crippen LogP contribution >= 0.6 is 24.0 Å². The largest absolute Gasteiger partial charge is 0.493 e. The van der Waals surface area contributed by atoms with Gasteiger partial charge in [-0.05, 0) is 47.9 Å². The summed E-state index contributed by atoms with van der Waals surface area (Å²) < 4.78 is 6.53. The minimum Gasteiger partial charge on any atom is -0.493 e. The van der Waals surface area contributed by atoms with E-state index in [1.54, 1.807) is 4.90 Å². The summed E-state index contributed by atoms with van der Waals surface area (Å²) in [4.78, 5) is 15.5. The van der Waals surface area contributed by atoms with Gasteiger partial charge in [0, 0.05) is 5.56 Å². The number of carbonyl (C=O) groups is 1. The smallest absolute Gasteiger partial charge is 0.270 e. The first-order chi connectivity index (χ1) is 14.1.